The summed E-state index contributed by atoms with van der Waals surface area (Å²) in [5.41, 5.74) is -1.01. The van der Waals surface area contributed by atoms with Gasteiger partial charge in [-0.15, -0.1) is 11.8 Å². The van der Waals surface area contributed by atoms with E-state index in [1.165, 1.54) is 24.4 Å². The van der Waals surface area contributed by atoms with Gasteiger partial charge in [0.1, 0.15) is 23.7 Å². The molecule has 6 aliphatic rings. The number of carboxylic acid groups (broad SMARTS) is 1. The summed E-state index contributed by atoms with van der Waals surface area (Å²) in [5.74, 6) is -0.362. The zero-order valence-corrected chi connectivity index (χ0v) is 32.1. The van der Waals surface area contributed by atoms with E-state index in [0.717, 1.165) is 44.9 Å². The fourth-order valence-electron chi connectivity index (χ4n) is 12.5. The maximum atomic E-state index is 14.7. The van der Waals surface area contributed by atoms with Gasteiger partial charge in [-0.25, -0.2) is 4.79 Å². The molecular weight excluding hydrogens is 658 g/mol. The van der Waals surface area contributed by atoms with Crippen LogP contribution in [0.5, 0.6) is 0 Å². The minimum atomic E-state index is -1.57. The van der Waals surface area contributed by atoms with Gasteiger partial charge in [0.05, 0.1) is 12.5 Å². The molecular formula is C39H61NO9S. The third kappa shape index (κ3) is 5.57. The van der Waals surface area contributed by atoms with Crippen molar-refractivity contribution in [1.82, 2.24) is 5.32 Å². The average Bonchev–Trinajstić information content (AvgIpc) is 3.04. The molecule has 0 amide bonds. The van der Waals surface area contributed by atoms with Gasteiger partial charge < -0.3 is 35.2 Å². The topological polar surface area (TPSA) is 163 Å². The van der Waals surface area contributed by atoms with Gasteiger partial charge in [0, 0.05) is 24.3 Å². The van der Waals surface area contributed by atoms with Crippen LogP contribution in [-0.2, 0) is 23.9 Å². The van der Waals surface area contributed by atoms with Crippen molar-refractivity contribution in [2.75, 3.05) is 19.4 Å². The Hall–Kier alpha value is -1.50. The standard InChI is InChI=1S/C39H61NO9S/c1-34(2)24-9-12-39(7)30(23(41)19-21-22-20-36(4,33(46)47)14-13-35(22,3)15-16-38(21,39)6)37(24,5)11-10-25(34)40-17-18-50-32-28(44)26(42)27(43)29(49-32)31(45)48-8/h19,22,24-30,32,40,42-44H,9-18,20H2,1-8H3,(H,46,47)/t22-,24-,25-,26-,27-,28+,29-,30+,32-,35+,36-,37-,38+,39+/m0/s1. The van der Waals surface area contributed by atoms with Crippen LogP contribution in [0.1, 0.15) is 106 Å². The number of hydrogen-bond acceptors (Lipinski definition) is 10. The summed E-state index contributed by atoms with van der Waals surface area (Å²) in [6.45, 7) is 16.7. The van der Waals surface area contributed by atoms with Gasteiger partial charge in [-0.1, -0.05) is 47.1 Å². The molecule has 5 aliphatic carbocycles. The number of aliphatic carboxylic acids is 1. The van der Waals surface area contributed by atoms with Crippen LogP contribution < -0.4 is 5.32 Å². The first kappa shape index (κ1) is 38.2. The number of nitrogens with one attached hydrogen (secondary N) is 1. The van der Waals surface area contributed by atoms with E-state index in [1.807, 2.05) is 13.0 Å². The average molecular weight is 720 g/mol. The Morgan fingerprint density at radius 3 is 2.28 bits per heavy atom. The molecule has 1 heterocycles. The molecule has 14 atom stereocenters. The van der Waals surface area contributed by atoms with Crippen molar-refractivity contribution in [3.63, 3.8) is 0 Å². The van der Waals surface area contributed by atoms with Crippen LogP contribution >= 0.6 is 11.8 Å². The number of allylic oxidation sites excluding steroid dienone is 2. The molecule has 0 unspecified atom stereocenters. The minimum absolute atomic E-state index is 0.0280. The number of carbonyl (C=O) groups excluding carboxylic acids is 2. The summed E-state index contributed by atoms with van der Waals surface area (Å²) in [7, 11) is 1.18. The maximum absolute atomic E-state index is 14.7. The van der Waals surface area contributed by atoms with E-state index in [2.05, 4.69) is 46.9 Å². The van der Waals surface area contributed by atoms with E-state index in [-0.39, 0.29) is 50.7 Å². The van der Waals surface area contributed by atoms with Crippen LogP contribution in [-0.4, -0.2) is 93.4 Å². The van der Waals surface area contributed by atoms with Crippen LogP contribution in [0.3, 0.4) is 0 Å². The summed E-state index contributed by atoms with van der Waals surface area (Å²) in [6.07, 6.45) is 4.37. The fraction of sp³-hybridized carbons (Fsp3) is 0.872. The van der Waals surface area contributed by atoms with Gasteiger partial charge in [0.2, 0.25) is 0 Å². The number of rotatable bonds is 7. The number of methoxy groups -OCH3 is 1. The fourth-order valence-corrected chi connectivity index (χ4v) is 13.5. The lowest BCUT2D eigenvalue weighted by molar-refractivity contribution is -0.211. The zero-order chi connectivity index (χ0) is 36.8. The molecule has 10 nitrogen and oxygen atoms in total. The van der Waals surface area contributed by atoms with Crippen molar-refractivity contribution in [1.29, 1.82) is 0 Å². The Labute approximate surface area is 301 Å². The first-order chi connectivity index (χ1) is 23.2. The molecule has 282 valence electrons. The summed E-state index contributed by atoms with van der Waals surface area (Å²) in [6, 6.07) is 0.213. The van der Waals surface area contributed by atoms with Gasteiger partial charge in [0.25, 0.3) is 0 Å². The van der Waals surface area contributed by atoms with Gasteiger partial charge in [-0.2, -0.15) is 0 Å². The molecule has 5 N–H and O–H groups in total. The number of fused-ring (bicyclic) bond motifs is 7. The molecule has 5 fully saturated rings. The monoisotopic (exact) mass is 719 g/mol. The molecule has 0 spiro atoms. The Kier molecular flexibility index (Phi) is 9.80. The number of thioether (sulfide) groups is 1. The molecule has 4 saturated carbocycles. The first-order valence-electron chi connectivity index (χ1n) is 18.8. The molecule has 50 heavy (non-hydrogen) atoms. The number of carboxylic acids is 1. The number of hydrogen-bond donors (Lipinski definition) is 5. The van der Waals surface area contributed by atoms with Crippen LogP contribution in [0.25, 0.3) is 0 Å². The maximum Gasteiger partial charge on any atom is 0.337 e. The first-order valence-corrected chi connectivity index (χ1v) is 19.9. The summed E-state index contributed by atoms with van der Waals surface area (Å²) < 4.78 is 10.4. The SMILES string of the molecule is COC(=O)[C@H]1O[C@@H](SCCN[C@H]2CC[C@]3(C)[C@H]4C(=O)C=C5[C@@H]6C[C@@](C)(C(=O)O)CC[C@]6(C)CC[C@@]5(C)[C@]4(C)CC[C@H]3C2(C)C)[C@H](O)[C@@H](O)[C@@H]1O. The van der Waals surface area contributed by atoms with Gasteiger partial charge in [-0.05, 0) is 110 Å². The van der Waals surface area contributed by atoms with Crippen LogP contribution in [0.15, 0.2) is 11.6 Å². The summed E-state index contributed by atoms with van der Waals surface area (Å²) >= 11 is 1.29. The molecule has 6 rings (SSSR count). The van der Waals surface area contributed by atoms with Crippen molar-refractivity contribution >= 4 is 29.5 Å². The van der Waals surface area contributed by atoms with E-state index in [0.29, 0.717) is 31.1 Å². The van der Waals surface area contributed by atoms with Crippen molar-refractivity contribution in [3.05, 3.63) is 11.6 Å². The number of aliphatic hydroxyl groups is 3. The highest BCUT2D eigenvalue weighted by molar-refractivity contribution is 7.99. The van der Waals surface area contributed by atoms with Crippen LogP contribution in [0, 0.1) is 50.2 Å². The largest absolute Gasteiger partial charge is 0.481 e. The van der Waals surface area contributed by atoms with E-state index in [1.54, 1.807) is 0 Å². The van der Waals surface area contributed by atoms with E-state index in [9.17, 15) is 34.8 Å². The highest BCUT2D eigenvalue weighted by atomic mass is 32.2. The number of ketones is 1. The summed E-state index contributed by atoms with van der Waals surface area (Å²) in [5, 5.41) is 45.0. The summed E-state index contributed by atoms with van der Waals surface area (Å²) in [4.78, 5) is 39.2. The van der Waals surface area contributed by atoms with E-state index < -0.39 is 47.2 Å². The van der Waals surface area contributed by atoms with Gasteiger partial charge >= 0.3 is 11.9 Å². The Balaban J connectivity index is 1.17. The van der Waals surface area contributed by atoms with Crippen molar-refractivity contribution in [2.45, 2.75) is 142 Å². The highest BCUT2D eigenvalue weighted by Crippen LogP contribution is 2.75. The number of aliphatic hydroxyl groups excluding tert-OH is 3. The Morgan fingerprint density at radius 1 is 0.940 bits per heavy atom. The Morgan fingerprint density at radius 2 is 1.62 bits per heavy atom. The highest BCUT2D eigenvalue weighted by Gasteiger charge is 2.70. The second-order valence-corrected chi connectivity index (χ2v) is 19.9. The molecule has 0 aromatic heterocycles. The van der Waals surface area contributed by atoms with Gasteiger partial charge in [-0.3, -0.25) is 9.59 Å². The van der Waals surface area contributed by atoms with Crippen LogP contribution in [0.2, 0.25) is 0 Å². The predicted molar refractivity (Wildman–Crippen MR) is 190 cm³/mol. The normalized spacial score (nSPS) is 49.8. The minimum Gasteiger partial charge on any atom is -0.481 e. The lowest BCUT2D eigenvalue weighted by atomic mass is 9.33. The third-order valence-electron chi connectivity index (χ3n) is 15.9. The van der Waals surface area contributed by atoms with Crippen molar-refractivity contribution < 1.29 is 44.3 Å². The molecule has 0 aromatic rings. The van der Waals surface area contributed by atoms with E-state index in [4.69, 9.17) is 9.47 Å². The third-order valence-corrected chi connectivity index (χ3v) is 17.1. The molecule has 0 bridgehead atoms. The second kappa shape index (κ2) is 12.8. The zero-order valence-electron chi connectivity index (χ0n) is 31.3. The lowest BCUT2D eigenvalue weighted by Gasteiger charge is -2.70. The van der Waals surface area contributed by atoms with Crippen molar-refractivity contribution in [2.24, 2.45) is 50.2 Å². The number of ether oxygens (including phenoxy) is 2. The molecule has 11 heteroatoms. The molecule has 1 aliphatic heterocycles. The number of esters is 1. The molecule has 1 saturated heterocycles. The second-order valence-electron chi connectivity index (χ2n) is 18.7. The van der Waals surface area contributed by atoms with Crippen LogP contribution in [0.4, 0.5) is 0 Å². The Bertz CT molecular complexity index is 1420. The molecule has 0 aromatic carbocycles. The lowest BCUT2D eigenvalue weighted by Crippen LogP contribution is -2.67. The quantitative estimate of drug-likeness (QED) is 0.183. The number of carbonyl (C=O) groups is 3. The van der Waals surface area contributed by atoms with Gasteiger partial charge in [0.15, 0.2) is 11.9 Å². The predicted octanol–water partition coefficient (Wildman–Crippen LogP) is 4.72. The van der Waals surface area contributed by atoms with E-state index >= 15 is 0 Å². The molecule has 0 radical (unpaired) electrons. The smallest absolute Gasteiger partial charge is 0.337 e. The van der Waals surface area contributed by atoms with Crippen molar-refractivity contribution in [3.8, 4) is 0 Å².